The van der Waals surface area contributed by atoms with Gasteiger partial charge in [0.15, 0.2) is 5.75 Å². The summed E-state index contributed by atoms with van der Waals surface area (Å²) in [7, 11) is 1.61. The van der Waals surface area contributed by atoms with Crippen LogP contribution < -0.4 is 14.8 Å². The van der Waals surface area contributed by atoms with Gasteiger partial charge in [0.2, 0.25) is 17.6 Å². The van der Waals surface area contributed by atoms with Crippen molar-refractivity contribution in [1.82, 2.24) is 15.0 Å². The minimum absolute atomic E-state index is 0.0539. The van der Waals surface area contributed by atoms with E-state index in [9.17, 15) is 4.79 Å². The third-order valence-electron chi connectivity index (χ3n) is 6.37. The number of likely N-dealkylation sites (tertiary alicyclic amines) is 1. The van der Waals surface area contributed by atoms with Crippen molar-refractivity contribution >= 4 is 39.1 Å². The number of aromatic nitrogens is 2. The Hall–Kier alpha value is -3.40. The summed E-state index contributed by atoms with van der Waals surface area (Å²) in [5.41, 5.74) is 1.43. The van der Waals surface area contributed by atoms with E-state index in [0.29, 0.717) is 40.5 Å². The van der Waals surface area contributed by atoms with Gasteiger partial charge in [-0.25, -0.2) is 0 Å². The highest BCUT2D eigenvalue weighted by Gasteiger charge is 2.27. The van der Waals surface area contributed by atoms with Gasteiger partial charge in [0.1, 0.15) is 11.5 Å². The number of carbonyl (C=O) groups excluding carboxylic acids is 1. The molecule has 5 rings (SSSR count). The van der Waals surface area contributed by atoms with Crippen molar-refractivity contribution in [2.24, 2.45) is 5.92 Å². The van der Waals surface area contributed by atoms with Crippen LogP contribution in [-0.2, 0) is 11.3 Å². The number of carbonyl (C=O) groups is 1. The molecule has 1 N–H and O–H groups in total. The number of halogens is 2. The molecule has 1 saturated heterocycles. The summed E-state index contributed by atoms with van der Waals surface area (Å²) in [6.07, 6.45) is 1.43. The zero-order valence-corrected chi connectivity index (χ0v) is 23.0. The van der Waals surface area contributed by atoms with Crippen LogP contribution in [-0.4, -0.2) is 41.1 Å². The number of methoxy groups -OCH3 is 1. The highest BCUT2D eigenvalue weighted by Crippen LogP contribution is 2.34. The van der Waals surface area contributed by atoms with Gasteiger partial charge in [0.05, 0.1) is 19.3 Å². The van der Waals surface area contributed by atoms with E-state index in [-0.39, 0.29) is 11.8 Å². The van der Waals surface area contributed by atoms with E-state index in [4.69, 9.17) is 25.6 Å². The second-order valence-electron chi connectivity index (χ2n) is 8.98. The number of ether oxygens (including phenoxy) is 2. The number of nitrogens with one attached hydrogen (secondary N) is 1. The Bertz CT molecular complexity index is 1390. The molecule has 0 aliphatic carbocycles. The summed E-state index contributed by atoms with van der Waals surface area (Å²) in [5, 5.41) is 7.64. The fourth-order valence-electron chi connectivity index (χ4n) is 4.27. The Morgan fingerprint density at radius 1 is 1.08 bits per heavy atom. The number of benzene rings is 3. The highest BCUT2D eigenvalue weighted by molar-refractivity contribution is 9.10. The number of rotatable bonds is 8. The molecular weight excluding hydrogens is 572 g/mol. The van der Waals surface area contributed by atoms with Crippen LogP contribution in [0.3, 0.4) is 0 Å². The molecule has 38 heavy (non-hydrogen) atoms. The van der Waals surface area contributed by atoms with Crippen molar-refractivity contribution in [3.63, 3.8) is 0 Å². The van der Waals surface area contributed by atoms with E-state index >= 15 is 0 Å². The molecule has 196 valence electrons. The lowest BCUT2D eigenvalue weighted by atomic mass is 9.96. The van der Waals surface area contributed by atoms with Crippen LogP contribution >= 0.6 is 27.5 Å². The van der Waals surface area contributed by atoms with Gasteiger partial charge >= 0.3 is 0 Å². The summed E-state index contributed by atoms with van der Waals surface area (Å²) >= 11 is 9.65. The predicted octanol–water partition coefficient (Wildman–Crippen LogP) is 6.80. The van der Waals surface area contributed by atoms with Crippen molar-refractivity contribution in [2.75, 3.05) is 25.5 Å². The Balaban J connectivity index is 1.16. The lowest BCUT2D eigenvalue weighted by Crippen LogP contribution is -2.37. The third kappa shape index (κ3) is 6.53. The summed E-state index contributed by atoms with van der Waals surface area (Å²) < 4.78 is 17.7. The Morgan fingerprint density at radius 3 is 2.50 bits per heavy atom. The lowest BCUT2D eigenvalue weighted by molar-refractivity contribution is -0.121. The van der Waals surface area contributed by atoms with Crippen molar-refractivity contribution in [1.29, 1.82) is 0 Å². The predicted molar refractivity (Wildman–Crippen MR) is 149 cm³/mol. The van der Waals surface area contributed by atoms with E-state index in [1.807, 2.05) is 36.4 Å². The van der Waals surface area contributed by atoms with E-state index in [1.165, 1.54) is 0 Å². The topological polar surface area (TPSA) is 89.7 Å². The normalized spacial score (nSPS) is 14.3. The molecule has 0 bridgehead atoms. The molecule has 1 aromatic heterocycles. The van der Waals surface area contributed by atoms with Gasteiger partial charge in [-0.1, -0.05) is 32.7 Å². The summed E-state index contributed by atoms with van der Waals surface area (Å²) in [6.45, 7) is 2.05. The summed E-state index contributed by atoms with van der Waals surface area (Å²) in [6, 6.07) is 20.2. The van der Waals surface area contributed by atoms with Crippen molar-refractivity contribution in [3.05, 3.63) is 82.1 Å². The number of hydrogen-bond donors (Lipinski definition) is 1. The Morgan fingerprint density at radius 2 is 1.79 bits per heavy atom. The van der Waals surface area contributed by atoms with Crippen LogP contribution in [0.15, 0.2) is 75.7 Å². The lowest BCUT2D eigenvalue weighted by Gasteiger charge is -2.30. The first-order valence-corrected chi connectivity index (χ1v) is 13.4. The van der Waals surface area contributed by atoms with Crippen LogP contribution in [0.2, 0.25) is 5.02 Å². The largest absolute Gasteiger partial charge is 0.497 e. The first-order chi connectivity index (χ1) is 18.5. The van der Waals surface area contributed by atoms with Crippen LogP contribution in [0.4, 0.5) is 5.69 Å². The van der Waals surface area contributed by atoms with Gasteiger partial charge < -0.3 is 19.3 Å². The SMILES string of the molecule is COc1ccc(Oc2ccc(Cl)cc2NC(=O)C2CCN(Cc3nc(-c4ccc(Br)cc4)no3)CC2)cc1. The Labute approximate surface area is 234 Å². The second kappa shape index (κ2) is 12.0. The molecule has 0 atom stereocenters. The first-order valence-electron chi connectivity index (χ1n) is 12.2. The molecule has 0 unspecified atom stereocenters. The molecule has 1 fully saturated rings. The third-order valence-corrected chi connectivity index (χ3v) is 7.14. The maximum absolute atomic E-state index is 13.1. The van der Waals surface area contributed by atoms with Crippen LogP contribution in [0.25, 0.3) is 11.4 Å². The van der Waals surface area contributed by atoms with Gasteiger partial charge in [-0.3, -0.25) is 9.69 Å². The highest BCUT2D eigenvalue weighted by atomic mass is 79.9. The quantitative estimate of drug-likeness (QED) is 0.239. The van der Waals surface area contributed by atoms with E-state index in [0.717, 1.165) is 41.7 Å². The van der Waals surface area contributed by atoms with E-state index in [2.05, 4.69) is 36.3 Å². The average Bonchev–Trinajstić information content (AvgIpc) is 3.40. The summed E-state index contributed by atoms with van der Waals surface area (Å²) in [4.78, 5) is 19.9. The minimum Gasteiger partial charge on any atom is -0.497 e. The standard InChI is InChI=1S/C28H26BrClN4O4/c1-36-22-7-9-23(10-8-22)37-25-11-6-21(30)16-24(25)31-28(35)19-12-14-34(15-13-19)17-26-32-27(33-38-26)18-2-4-20(29)5-3-18/h2-11,16,19H,12-15,17H2,1H3,(H,31,35). The molecule has 1 aliphatic heterocycles. The number of piperidine rings is 1. The van der Waals surface area contributed by atoms with Crippen molar-refractivity contribution in [3.8, 4) is 28.6 Å². The molecule has 2 heterocycles. The number of hydrogen-bond acceptors (Lipinski definition) is 7. The maximum Gasteiger partial charge on any atom is 0.241 e. The molecule has 8 nitrogen and oxygen atoms in total. The Kier molecular flexibility index (Phi) is 8.26. The zero-order chi connectivity index (χ0) is 26.5. The second-order valence-corrected chi connectivity index (χ2v) is 10.3. The van der Waals surface area contributed by atoms with E-state index < -0.39 is 0 Å². The van der Waals surface area contributed by atoms with Crippen molar-refractivity contribution in [2.45, 2.75) is 19.4 Å². The van der Waals surface area contributed by atoms with Gasteiger partial charge in [0.25, 0.3) is 0 Å². The number of nitrogens with zero attached hydrogens (tertiary/aromatic N) is 3. The van der Waals surface area contributed by atoms with Gasteiger partial charge in [-0.2, -0.15) is 4.98 Å². The van der Waals surface area contributed by atoms with E-state index in [1.54, 1.807) is 37.4 Å². The van der Waals surface area contributed by atoms with Crippen LogP contribution in [0, 0.1) is 5.92 Å². The average molecular weight is 598 g/mol. The molecule has 3 aromatic carbocycles. The molecule has 0 spiro atoms. The van der Waals surface area contributed by atoms with Gasteiger partial charge in [0, 0.05) is 21.0 Å². The molecule has 0 radical (unpaired) electrons. The number of anilines is 1. The molecule has 1 aliphatic rings. The molecule has 1 amide bonds. The summed E-state index contributed by atoms with van der Waals surface area (Å²) in [5.74, 6) is 2.82. The van der Waals surface area contributed by atoms with Gasteiger partial charge in [-0.05, 0) is 92.7 Å². The molecular formula is C28H26BrClN4O4. The van der Waals surface area contributed by atoms with Crippen LogP contribution in [0.5, 0.6) is 17.2 Å². The first kappa shape index (κ1) is 26.2. The fraction of sp³-hybridized carbons (Fsp3) is 0.250. The molecule has 4 aromatic rings. The van der Waals surface area contributed by atoms with Crippen LogP contribution in [0.1, 0.15) is 18.7 Å². The number of amides is 1. The maximum atomic E-state index is 13.1. The fourth-order valence-corrected chi connectivity index (χ4v) is 4.71. The smallest absolute Gasteiger partial charge is 0.241 e. The molecule has 10 heteroatoms. The minimum atomic E-state index is -0.125. The zero-order valence-electron chi connectivity index (χ0n) is 20.7. The van der Waals surface area contributed by atoms with Crippen molar-refractivity contribution < 1.29 is 18.8 Å². The molecule has 0 saturated carbocycles. The van der Waals surface area contributed by atoms with Gasteiger partial charge in [-0.15, -0.1) is 0 Å². The monoisotopic (exact) mass is 596 g/mol.